The molecule has 6 nitrogen and oxygen atoms in total. The fourth-order valence-electron chi connectivity index (χ4n) is 1.73. The van der Waals surface area contributed by atoms with Crippen molar-refractivity contribution in [3.05, 3.63) is 12.4 Å². The molecule has 1 rings (SSSR count). The molecule has 0 spiro atoms. The highest BCUT2D eigenvalue weighted by Gasteiger charge is 2.31. The van der Waals surface area contributed by atoms with Crippen LogP contribution in [0, 0.1) is 0 Å². The fraction of sp³-hybridized carbons (Fsp3) is 0.778. The largest absolute Gasteiger partial charge is 0.725 e. The zero-order valence-corrected chi connectivity index (χ0v) is 10.4. The molecule has 1 atom stereocenters. The second kappa shape index (κ2) is 5.13. The average molecular weight is 250 g/mol. The molecule has 1 heterocycles. The Labute approximate surface area is 96.6 Å². The number of hydrogen-bond acceptors (Lipinski definition) is 5. The minimum Gasteiger partial charge on any atom is -0.725 e. The van der Waals surface area contributed by atoms with Gasteiger partial charge in [0, 0.05) is 7.05 Å². The highest BCUT2D eigenvalue weighted by Crippen LogP contribution is 2.19. The predicted octanol–water partition coefficient (Wildman–Crippen LogP) is 0.412. The maximum Gasteiger partial charge on any atom is 0.222 e. The van der Waals surface area contributed by atoms with Crippen LogP contribution in [0.3, 0.4) is 0 Å². The van der Waals surface area contributed by atoms with Crippen molar-refractivity contribution in [2.24, 2.45) is 0 Å². The summed E-state index contributed by atoms with van der Waals surface area (Å²) in [5.41, 5.74) is 0. The summed E-state index contributed by atoms with van der Waals surface area (Å²) in [6.45, 7) is 3.35. The van der Waals surface area contributed by atoms with Crippen LogP contribution in [-0.2, 0) is 14.6 Å². The minimum absolute atomic E-state index is 0.118. The van der Waals surface area contributed by atoms with Crippen LogP contribution in [0.1, 0.15) is 19.8 Å². The average Bonchev–Trinajstić information content (AvgIpc) is 2.54. The molecule has 0 fully saturated rings. The number of unbranched alkanes of at least 4 members (excludes halogenated alkanes) is 1. The van der Waals surface area contributed by atoms with Gasteiger partial charge in [-0.25, -0.2) is 12.6 Å². The van der Waals surface area contributed by atoms with Gasteiger partial charge in [0.25, 0.3) is 0 Å². The third kappa shape index (κ3) is 4.09. The first kappa shape index (κ1) is 13.4. The van der Waals surface area contributed by atoms with Crippen LogP contribution >= 0.6 is 0 Å². The summed E-state index contributed by atoms with van der Waals surface area (Å²) >= 11 is 0. The van der Waals surface area contributed by atoms with E-state index >= 15 is 0 Å². The van der Waals surface area contributed by atoms with Crippen LogP contribution < -0.4 is 0 Å². The Kier molecular flexibility index (Phi) is 4.31. The van der Waals surface area contributed by atoms with E-state index < -0.39 is 10.4 Å². The molecule has 1 unspecified atom stereocenters. The van der Waals surface area contributed by atoms with Crippen molar-refractivity contribution in [2.45, 2.75) is 19.8 Å². The van der Waals surface area contributed by atoms with Gasteiger partial charge >= 0.3 is 0 Å². The van der Waals surface area contributed by atoms with Crippen LogP contribution in [0.25, 0.3) is 0 Å². The molecule has 0 aliphatic carbocycles. The van der Waals surface area contributed by atoms with Crippen LogP contribution in [0.5, 0.6) is 0 Å². The Morgan fingerprint density at radius 1 is 1.56 bits per heavy atom. The third-order valence-corrected chi connectivity index (χ3v) is 2.95. The number of nitrogens with zero attached hydrogens (tertiary/aromatic N) is 2. The summed E-state index contributed by atoms with van der Waals surface area (Å²) in [4.78, 5) is 1.94. The number of hydrogen-bond donors (Lipinski definition) is 0. The van der Waals surface area contributed by atoms with E-state index in [1.54, 1.807) is 0 Å². The second-order valence-electron chi connectivity index (χ2n) is 4.15. The normalized spacial score (nSPS) is 25.3. The highest BCUT2D eigenvalue weighted by atomic mass is 32.3. The quantitative estimate of drug-likeness (QED) is 0.388. The van der Waals surface area contributed by atoms with Crippen molar-refractivity contribution in [2.75, 3.05) is 27.0 Å². The lowest BCUT2D eigenvalue weighted by atomic mass is 10.3. The zero-order chi connectivity index (χ0) is 12.2. The van der Waals surface area contributed by atoms with E-state index in [1.807, 2.05) is 24.3 Å². The van der Waals surface area contributed by atoms with Gasteiger partial charge in [0.05, 0.1) is 12.7 Å². The van der Waals surface area contributed by atoms with Gasteiger partial charge in [-0.15, -0.1) is 0 Å². The summed E-state index contributed by atoms with van der Waals surface area (Å²) in [6, 6.07) is 0. The van der Waals surface area contributed by atoms with Crippen molar-refractivity contribution in [1.82, 2.24) is 4.90 Å². The van der Waals surface area contributed by atoms with Gasteiger partial charge in [0.15, 0.2) is 6.67 Å². The maximum atomic E-state index is 10.5. The Morgan fingerprint density at radius 3 is 2.69 bits per heavy atom. The van der Waals surface area contributed by atoms with Crippen molar-refractivity contribution in [3.63, 3.8) is 0 Å². The summed E-state index contributed by atoms with van der Waals surface area (Å²) in [5.74, 6) is 0. The summed E-state index contributed by atoms with van der Waals surface area (Å²) in [6.07, 6.45) is 5.72. The van der Waals surface area contributed by atoms with E-state index in [4.69, 9.17) is 0 Å². The minimum atomic E-state index is -4.61. The molecule has 0 saturated heterocycles. The molecule has 1 aliphatic heterocycles. The van der Waals surface area contributed by atoms with Crippen LogP contribution in [0.4, 0.5) is 0 Å². The first-order chi connectivity index (χ1) is 7.37. The van der Waals surface area contributed by atoms with E-state index in [9.17, 15) is 13.0 Å². The van der Waals surface area contributed by atoms with Gasteiger partial charge < -0.3 is 9.45 Å². The monoisotopic (exact) mass is 250 g/mol. The molecule has 0 N–H and O–H groups in total. The molecular formula is C9H18N2O4S. The molecule has 0 aromatic carbocycles. The zero-order valence-electron chi connectivity index (χ0n) is 9.63. The van der Waals surface area contributed by atoms with E-state index in [0.717, 1.165) is 19.4 Å². The molecule has 1 aliphatic rings. The second-order valence-corrected chi connectivity index (χ2v) is 5.20. The molecule has 0 aromatic heterocycles. The number of rotatable bonds is 6. The van der Waals surface area contributed by atoms with Crippen LogP contribution in [0.2, 0.25) is 0 Å². The van der Waals surface area contributed by atoms with Crippen molar-refractivity contribution >= 4 is 10.4 Å². The molecular weight excluding hydrogens is 232 g/mol. The van der Waals surface area contributed by atoms with Crippen LogP contribution in [0.15, 0.2) is 12.4 Å². The molecule has 0 amide bonds. The lowest BCUT2D eigenvalue weighted by Crippen LogP contribution is -2.47. The van der Waals surface area contributed by atoms with Gasteiger partial charge in [-0.2, -0.15) is 0 Å². The molecule has 0 saturated carbocycles. The van der Waals surface area contributed by atoms with Gasteiger partial charge in [0.1, 0.15) is 6.20 Å². The molecule has 94 valence electrons. The predicted molar refractivity (Wildman–Crippen MR) is 57.5 cm³/mol. The Morgan fingerprint density at radius 2 is 2.25 bits per heavy atom. The standard InChI is InChI=1S/C9H18N2O4S/c1-3-4-6-11(7-5-10(2)8-11)9-15-16(12,13)14/h5,7H,3-4,6,8-9H2,1-2H3. The smallest absolute Gasteiger partial charge is 0.222 e. The Balaban J connectivity index is 2.62. The van der Waals surface area contributed by atoms with Crippen molar-refractivity contribution in [1.29, 1.82) is 0 Å². The van der Waals surface area contributed by atoms with Crippen LogP contribution in [-0.4, -0.2) is 49.3 Å². The summed E-state index contributed by atoms with van der Waals surface area (Å²) < 4.78 is 36.1. The Bertz CT molecular complexity index is 355. The number of quaternary nitrogens is 1. The first-order valence-corrected chi connectivity index (χ1v) is 6.56. The fourth-order valence-corrected chi connectivity index (χ4v) is 2.07. The van der Waals surface area contributed by atoms with E-state index in [-0.39, 0.29) is 6.73 Å². The first-order valence-electron chi connectivity index (χ1n) is 5.22. The van der Waals surface area contributed by atoms with E-state index in [2.05, 4.69) is 11.1 Å². The van der Waals surface area contributed by atoms with Gasteiger partial charge in [-0.1, -0.05) is 13.3 Å². The van der Waals surface area contributed by atoms with Crippen molar-refractivity contribution < 1.29 is 21.6 Å². The molecule has 0 radical (unpaired) electrons. The van der Waals surface area contributed by atoms with Gasteiger partial charge in [-0.3, -0.25) is 4.48 Å². The molecule has 0 bridgehead atoms. The molecule has 0 aromatic rings. The van der Waals surface area contributed by atoms with Gasteiger partial charge in [0.2, 0.25) is 17.1 Å². The summed E-state index contributed by atoms with van der Waals surface area (Å²) in [7, 11) is -2.71. The highest BCUT2D eigenvalue weighted by molar-refractivity contribution is 7.80. The lowest BCUT2D eigenvalue weighted by molar-refractivity contribution is -0.897. The van der Waals surface area contributed by atoms with E-state index in [0.29, 0.717) is 11.2 Å². The molecule has 7 heteroatoms. The van der Waals surface area contributed by atoms with Gasteiger partial charge in [-0.05, 0) is 6.42 Å². The van der Waals surface area contributed by atoms with E-state index in [1.165, 1.54) is 0 Å². The summed E-state index contributed by atoms with van der Waals surface area (Å²) in [5, 5.41) is 0. The SMILES string of the molecule is CCCC[N+]1(COS(=O)(=O)[O-])C=CN(C)C1. The lowest BCUT2D eigenvalue weighted by Gasteiger charge is -2.31. The molecule has 16 heavy (non-hydrogen) atoms. The third-order valence-electron chi connectivity index (χ3n) is 2.55. The topological polar surface area (TPSA) is 69.7 Å². The Hall–Kier alpha value is -0.630. The maximum absolute atomic E-state index is 10.5. The van der Waals surface area contributed by atoms with Crippen molar-refractivity contribution in [3.8, 4) is 0 Å².